The number of furan rings is 1. The second-order valence-corrected chi connectivity index (χ2v) is 12.1. The van der Waals surface area contributed by atoms with E-state index < -0.39 is 0 Å². The lowest BCUT2D eigenvalue weighted by atomic mass is 9.88. The molecular weight excluding hydrogens is 560 g/mol. The summed E-state index contributed by atoms with van der Waals surface area (Å²) in [5.41, 5.74) is 11.1. The van der Waals surface area contributed by atoms with Gasteiger partial charge in [-0.25, -0.2) is 0 Å². The number of benzene rings is 8. The van der Waals surface area contributed by atoms with Crippen LogP contribution in [0.15, 0.2) is 162 Å². The zero-order valence-corrected chi connectivity index (χ0v) is 24.8. The Labute approximate surface area is 265 Å². The van der Waals surface area contributed by atoms with E-state index in [4.69, 9.17) is 9.15 Å². The molecule has 0 amide bonds. The van der Waals surface area contributed by atoms with Gasteiger partial charge in [0.2, 0.25) is 0 Å². The second-order valence-electron chi connectivity index (χ2n) is 12.1. The van der Waals surface area contributed by atoms with Crippen molar-refractivity contribution in [3.8, 4) is 56.0 Å². The van der Waals surface area contributed by atoms with Gasteiger partial charge >= 0.3 is 0 Å². The summed E-state index contributed by atoms with van der Waals surface area (Å²) in [6.45, 7) is 0. The van der Waals surface area contributed by atoms with Crippen molar-refractivity contribution in [1.29, 1.82) is 0 Å². The van der Waals surface area contributed by atoms with Gasteiger partial charge in [0, 0.05) is 21.7 Å². The summed E-state index contributed by atoms with van der Waals surface area (Å²) in [5.74, 6) is 1.80. The van der Waals surface area contributed by atoms with E-state index in [0.717, 1.165) is 55.5 Å². The Morgan fingerprint density at radius 3 is 1.87 bits per heavy atom. The van der Waals surface area contributed by atoms with E-state index in [1.54, 1.807) is 0 Å². The Morgan fingerprint density at radius 2 is 0.978 bits per heavy atom. The lowest BCUT2D eigenvalue weighted by Crippen LogP contribution is -1.97. The highest BCUT2D eigenvalue weighted by atomic mass is 16.5. The van der Waals surface area contributed by atoms with Gasteiger partial charge in [-0.05, 0) is 116 Å². The second kappa shape index (κ2) is 9.69. The van der Waals surface area contributed by atoms with Gasteiger partial charge in [-0.15, -0.1) is 0 Å². The minimum Gasteiger partial charge on any atom is -0.456 e. The van der Waals surface area contributed by atoms with Crippen molar-refractivity contribution in [2.45, 2.75) is 0 Å². The van der Waals surface area contributed by atoms with Crippen LogP contribution in [0.25, 0.3) is 88.0 Å². The van der Waals surface area contributed by atoms with E-state index >= 15 is 0 Å². The first-order valence-electron chi connectivity index (χ1n) is 15.7. The number of hydrogen-bond donors (Lipinski definition) is 0. The van der Waals surface area contributed by atoms with E-state index in [2.05, 4.69) is 152 Å². The van der Waals surface area contributed by atoms with Crippen LogP contribution in [0.2, 0.25) is 0 Å². The van der Waals surface area contributed by atoms with Crippen LogP contribution in [-0.2, 0) is 0 Å². The first-order chi connectivity index (χ1) is 22.8. The molecule has 9 aromatic rings. The molecule has 0 aliphatic carbocycles. The summed E-state index contributed by atoms with van der Waals surface area (Å²) in [5, 5.41) is 6.99. The van der Waals surface area contributed by atoms with Crippen molar-refractivity contribution >= 4 is 43.5 Å². The molecule has 1 aliphatic heterocycles. The van der Waals surface area contributed by atoms with Crippen LogP contribution in [0.5, 0.6) is 11.5 Å². The predicted molar refractivity (Wildman–Crippen MR) is 191 cm³/mol. The van der Waals surface area contributed by atoms with Crippen molar-refractivity contribution in [1.82, 2.24) is 0 Å². The predicted octanol–water partition coefficient (Wildman–Crippen LogP) is 12.7. The van der Waals surface area contributed by atoms with E-state index in [-0.39, 0.29) is 0 Å². The third-order valence-electron chi connectivity index (χ3n) is 9.38. The molecule has 0 spiro atoms. The largest absolute Gasteiger partial charge is 0.456 e. The maximum atomic E-state index is 6.47. The van der Waals surface area contributed by atoms with Gasteiger partial charge < -0.3 is 9.15 Å². The highest BCUT2D eigenvalue weighted by Crippen LogP contribution is 2.48. The van der Waals surface area contributed by atoms with Crippen molar-refractivity contribution in [2.75, 3.05) is 0 Å². The van der Waals surface area contributed by atoms with Crippen LogP contribution in [0.4, 0.5) is 0 Å². The molecule has 2 heterocycles. The van der Waals surface area contributed by atoms with Crippen LogP contribution < -0.4 is 4.74 Å². The average molecular weight is 587 g/mol. The van der Waals surface area contributed by atoms with Crippen LogP contribution in [-0.4, -0.2) is 0 Å². The van der Waals surface area contributed by atoms with Crippen LogP contribution in [0, 0.1) is 0 Å². The lowest BCUT2D eigenvalue weighted by molar-refractivity contribution is 0.487. The number of para-hydroxylation sites is 1. The number of ether oxygens (including phenoxy) is 1. The fourth-order valence-electron chi connectivity index (χ4n) is 7.25. The first-order valence-corrected chi connectivity index (χ1v) is 15.7. The smallest absolute Gasteiger partial charge is 0.136 e. The van der Waals surface area contributed by atoms with Crippen LogP contribution >= 0.6 is 0 Å². The molecule has 0 N–H and O–H groups in total. The molecule has 1 aliphatic rings. The Bertz CT molecular complexity index is 2660. The van der Waals surface area contributed by atoms with E-state index in [1.165, 1.54) is 44.0 Å². The third kappa shape index (κ3) is 3.84. The molecule has 10 rings (SSSR count). The molecule has 0 saturated carbocycles. The number of rotatable bonds is 3. The topological polar surface area (TPSA) is 22.4 Å². The van der Waals surface area contributed by atoms with Crippen LogP contribution in [0.1, 0.15) is 0 Å². The van der Waals surface area contributed by atoms with Gasteiger partial charge in [-0.3, -0.25) is 0 Å². The van der Waals surface area contributed by atoms with Gasteiger partial charge in [0.1, 0.15) is 22.7 Å². The summed E-state index contributed by atoms with van der Waals surface area (Å²) in [4.78, 5) is 0. The average Bonchev–Trinajstić information content (AvgIpc) is 3.48. The summed E-state index contributed by atoms with van der Waals surface area (Å²) in [6.07, 6.45) is 0. The summed E-state index contributed by atoms with van der Waals surface area (Å²) in [7, 11) is 0. The molecule has 0 bridgehead atoms. The van der Waals surface area contributed by atoms with Gasteiger partial charge in [0.25, 0.3) is 0 Å². The maximum Gasteiger partial charge on any atom is 0.136 e. The molecule has 0 radical (unpaired) electrons. The number of fused-ring (bicyclic) bond motifs is 6. The molecule has 0 atom stereocenters. The monoisotopic (exact) mass is 586 g/mol. The minimum absolute atomic E-state index is 0.893. The fraction of sp³-hybridized carbons (Fsp3) is 0. The van der Waals surface area contributed by atoms with E-state index in [1.807, 2.05) is 6.07 Å². The lowest BCUT2D eigenvalue weighted by Gasteiger charge is -2.22. The van der Waals surface area contributed by atoms with Crippen molar-refractivity contribution in [3.63, 3.8) is 0 Å². The van der Waals surface area contributed by atoms with E-state index in [9.17, 15) is 0 Å². The van der Waals surface area contributed by atoms with Gasteiger partial charge in [0.15, 0.2) is 0 Å². The quantitative estimate of drug-likeness (QED) is 0.205. The fourth-order valence-corrected chi connectivity index (χ4v) is 7.25. The van der Waals surface area contributed by atoms with Gasteiger partial charge in [-0.2, -0.15) is 0 Å². The molecule has 8 aromatic carbocycles. The van der Waals surface area contributed by atoms with Gasteiger partial charge in [-0.1, -0.05) is 97.1 Å². The van der Waals surface area contributed by atoms with Gasteiger partial charge in [0.05, 0.1) is 0 Å². The molecule has 214 valence electrons. The molecule has 0 unspecified atom stereocenters. The third-order valence-corrected chi connectivity index (χ3v) is 9.38. The zero-order chi connectivity index (χ0) is 30.2. The highest BCUT2D eigenvalue weighted by molar-refractivity contribution is 6.16. The summed E-state index contributed by atoms with van der Waals surface area (Å²) in [6, 6.07) is 56.3. The molecular formula is C44H26O2. The minimum atomic E-state index is 0.893. The normalized spacial score (nSPS) is 12.1. The van der Waals surface area contributed by atoms with Crippen molar-refractivity contribution in [2.24, 2.45) is 0 Å². The molecule has 2 nitrogen and oxygen atoms in total. The Morgan fingerprint density at radius 1 is 0.326 bits per heavy atom. The Hall–Kier alpha value is -6.12. The summed E-state index contributed by atoms with van der Waals surface area (Å²) >= 11 is 0. The molecule has 1 aromatic heterocycles. The SMILES string of the molecule is c1ccc(-c2cc(-c3cc4c5c(cccc5c3)Oc3ccccc3-4)cc(-c3cccc4oc5cc6ccccc6cc5c34)c2)cc1. The van der Waals surface area contributed by atoms with Crippen molar-refractivity contribution in [3.05, 3.63) is 158 Å². The molecule has 0 fully saturated rings. The van der Waals surface area contributed by atoms with Crippen molar-refractivity contribution < 1.29 is 9.15 Å². The maximum absolute atomic E-state index is 6.47. The Balaban J connectivity index is 1.25. The summed E-state index contributed by atoms with van der Waals surface area (Å²) < 4.78 is 12.8. The zero-order valence-electron chi connectivity index (χ0n) is 24.8. The Kier molecular flexibility index (Phi) is 5.31. The molecule has 2 heteroatoms. The molecule has 46 heavy (non-hydrogen) atoms. The van der Waals surface area contributed by atoms with E-state index in [0.29, 0.717) is 0 Å². The number of hydrogen-bond acceptors (Lipinski definition) is 2. The molecule has 0 saturated heterocycles. The first kappa shape index (κ1) is 25.2. The standard InChI is InChI=1S/C44H26O2/c1-2-10-27(11-3-1)31-21-32(33-20-30-14-8-18-40-43(30)37(25-33)36-15-6-7-17-39(36)45-40)23-34(22-31)35-16-9-19-41-44(35)38-24-28-12-4-5-13-29(28)26-42(38)46-41/h1-26H. The highest BCUT2D eigenvalue weighted by Gasteiger charge is 2.21. The van der Waals surface area contributed by atoms with Crippen LogP contribution in [0.3, 0.4) is 0 Å².